The van der Waals surface area contributed by atoms with E-state index in [2.05, 4.69) is 57.6 Å². The first kappa shape index (κ1) is 20.8. The maximum atomic E-state index is 5.41. The average Bonchev–Trinajstić information content (AvgIpc) is 3.37. The summed E-state index contributed by atoms with van der Waals surface area (Å²) in [6, 6.07) is 19.2. The standard InChI is InChI=1S/C26H26N4OS2/c1-31-19-8-6-18(7-9-19)24-21-11-15-33-23(21)10-12-30(24)26-27-22-5-3-2-4-20(22)25(28-26)29-13-16-32-17-14-29/h2-9,11,15,24H,10,12-14,16-17H2,1H3. The predicted molar refractivity (Wildman–Crippen MR) is 139 cm³/mol. The van der Waals surface area contributed by atoms with Crippen LogP contribution in [0.2, 0.25) is 0 Å². The molecule has 0 saturated carbocycles. The van der Waals surface area contributed by atoms with E-state index in [1.165, 1.54) is 16.0 Å². The second-order valence-electron chi connectivity index (χ2n) is 8.38. The molecule has 0 amide bonds. The number of fused-ring (bicyclic) bond motifs is 2. The quantitative estimate of drug-likeness (QED) is 0.394. The van der Waals surface area contributed by atoms with E-state index in [0.717, 1.165) is 66.0 Å². The van der Waals surface area contributed by atoms with Crippen LogP contribution in [0.4, 0.5) is 11.8 Å². The van der Waals surface area contributed by atoms with Gasteiger partial charge in [-0.2, -0.15) is 16.7 Å². The molecule has 1 unspecified atom stereocenters. The Morgan fingerprint density at radius 2 is 1.76 bits per heavy atom. The van der Waals surface area contributed by atoms with Gasteiger partial charge in [0.25, 0.3) is 0 Å². The lowest BCUT2D eigenvalue weighted by molar-refractivity contribution is 0.414. The molecule has 1 atom stereocenters. The summed E-state index contributed by atoms with van der Waals surface area (Å²) in [6.07, 6.45) is 1.02. The van der Waals surface area contributed by atoms with E-state index < -0.39 is 0 Å². The number of thioether (sulfide) groups is 1. The fourth-order valence-electron chi connectivity index (χ4n) is 4.87. The van der Waals surface area contributed by atoms with E-state index in [1.807, 2.05) is 35.2 Å². The number of para-hydroxylation sites is 1. The van der Waals surface area contributed by atoms with Gasteiger partial charge in [0.05, 0.1) is 18.7 Å². The third-order valence-corrected chi connectivity index (χ3v) is 8.48. The summed E-state index contributed by atoms with van der Waals surface area (Å²) >= 11 is 3.87. The van der Waals surface area contributed by atoms with Gasteiger partial charge < -0.3 is 14.5 Å². The summed E-state index contributed by atoms with van der Waals surface area (Å²) < 4.78 is 5.41. The number of rotatable bonds is 4. The highest BCUT2D eigenvalue weighted by atomic mass is 32.2. The van der Waals surface area contributed by atoms with Crippen LogP contribution >= 0.6 is 23.1 Å². The maximum Gasteiger partial charge on any atom is 0.228 e. The number of benzene rings is 2. The number of hydrogen-bond donors (Lipinski definition) is 0. The van der Waals surface area contributed by atoms with Crippen molar-refractivity contribution < 1.29 is 4.74 Å². The van der Waals surface area contributed by atoms with Crippen molar-refractivity contribution in [3.8, 4) is 5.75 Å². The van der Waals surface area contributed by atoms with Crippen molar-refractivity contribution in [1.82, 2.24) is 9.97 Å². The molecule has 0 spiro atoms. The number of methoxy groups -OCH3 is 1. The van der Waals surface area contributed by atoms with E-state index in [9.17, 15) is 0 Å². The Balaban J connectivity index is 1.48. The third kappa shape index (κ3) is 3.83. The minimum atomic E-state index is 0.0943. The van der Waals surface area contributed by atoms with E-state index in [0.29, 0.717) is 0 Å². The molecule has 2 aliphatic heterocycles. The van der Waals surface area contributed by atoms with Crippen LogP contribution in [0.25, 0.3) is 10.9 Å². The van der Waals surface area contributed by atoms with Gasteiger partial charge in [-0.25, -0.2) is 4.98 Å². The highest BCUT2D eigenvalue weighted by Crippen LogP contribution is 2.41. The van der Waals surface area contributed by atoms with Gasteiger partial charge in [0, 0.05) is 41.4 Å². The van der Waals surface area contributed by atoms with E-state index in [1.54, 1.807) is 7.11 Å². The molecule has 7 heteroatoms. The van der Waals surface area contributed by atoms with Crippen LogP contribution in [0.15, 0.2) is 60.0 Å². The Morgan fingerprint density at radius 1 is 0.939 bits per heavy atom. The highest BCUT2D eigenvalue weighted by Gasteiger charge is 2.32. The van der Waals surface area contributed by atoms with Crippen LogP contribution in [0.5, 0.6) is 5.75 Å². The summed E-state index contributed by atoms with van der Waals surface area (Å²) in [5, 5.41) is 3.35. The second kappa shape index (κ2) is 8.88. The van der Waals surface area contributed by atoms with Crippen molar-refractivity contribution in [3.05, 3.63) is 76.0 Å². The summed E-state index contributed by atoms with van der Waals surface area (Å²) in [7, 11) is 1.71. The van der Waals surface area contributed by atoms with E-state index in [4.69, 9.17) is 14.7 Å². The van der Waals surface area contributed by atoms with Crippen LogP contribution < -0.4 is 14.5 Å². The van der Waals surface area contributed by atoms with Crippen molar-refractivity contribution >= 4 is 45.8 Å². The molecule has 1 saturated heterocycles. The molecule has 4 heterocycles. The molecular formula is C26H26N4OS2. The SMILES string of the molecule is COc1ccc(C2c3ccsc3CCN2c2nc(N3CCSCC3)c3ccccc3n2)cc1. The molecular weight excluding hydrogens is 448 g/mol. The number of aromatic nitrogens is 2. The van der Waals surface area contributed by atoms with Gasteiger partial charge in [0.15, 0.2) is 0 Å². The molecule has 1 fully saturated rings. The van der Waals surface area contributed by atoms with Gasteiger partial charge in [0.2, 0.25) is 5.95 Å². The number of ether oxygens (including phenoxy) is 1. The summed E-state index contributed by atoms with van der Waals surface area (Å²) in [5.41, 5.74) is 3.62. The van der Waals surface area contributed by atoms with Gasteiger partial charge in [-0.05, 0) is 53.3 Å². The largest absolute Gasteiger partial charge is 0.497 e. The molecule has 0 N–H and O–H groups in total. The Hall–Kier alpha value is -2.77. The second-order valence-corrected chi connectivity index (χ2v) is 10.6. The van der Waals surface area contributed by atoms with Gasteiger partial charge in [-0.15, -0.1) is 11.3 Å². The topological polar surface area (TPSA) is 41.5 Å². The van der Waals surface area contributed by atoms with Gasteiger partial charge in [-0.3, -0.25) is 0 Å². The van der Waals surface area contributed by atoms with Crippen molar-refractivity contribution in [2.24, 2.45) is 0 Å². The molecule has 33 heavy (non-hydrogen) atoms. The molecule has 2 aromatic carbocycles. The van der Waals surface area contributed by atoms with Gasteiger partial charge in [0.1, 0.15) is 11.6 Å². The number of hydrogen-bond acceptors (Lipinski definition) is 7. The fourth-order valence-corrected chi connectivity index (χ4v) is 6.68. The van der Waals surface area contributed by atoms with E-state index >= 15 is 0 Å². The Kier molecular flexibility index (Phi) is 5.60. The molecule has 4 aromatic rings. The molecule has 0 bridgehead atoms. The number of anilines is 2. The average molecular weight is 475 g/mol. The molecule has 0 aliphatic carbocycles. The zero-order valence-electron chi connectivity index (χ0n) is 18.6. The minimum absolute atomic E-state index is 0.0943. The fraction of sp³-hybridized carbons (Fsp3) is 0.308. The first-order valence-corrected chi connectivity index (χ1v) is 13.4. The van der Waals surface area contributed by atoms with E-state index in [-0.39, 0.29) is 6.04 Å². The third-order valence-electron chi connectivity index (χ3n) is 6.54. The highest BCUT2D eigenvalue weighted by molar-refractivity contribution is 7.99. The molecule has 2 aromatic heterocycles. The smallest absolute Gasteiger partial charge is 0.228 e. The molecule has 2 aliphatic rings. The van der Waals surface area contributed by atoms with Crippen molar-refractivity contribution in [1.29, 1.82) is 0 Å². The normalized spacial score (nSPS) is 18.4. The first-order chi connectivity index (χ1) is 16.3. The molecule has 0 radical (unpaired) electrons. The van der Waals surface area contributed by atoms with Crippen LogP contribution in [0, 0.1) is 0 Å². The lowest BCUT2D eigenvalue weighted by atomic mass is 9.93. The Bertz CT molecular complexity index is 1270. The monoisotopic (exact) mass is 474 g/mol. The minimum Gasteiger partial charge on any atom is -0.497 e. The molecule has 6 rings (SSSR count). The van der Waals surface area contributed by atoms with Gasteiger partial charge in [-0.1, -0.05) is 24.3 Å². The lowest BCUT2D eigenvalue weighted by Crippen LogP contribution is -2.38. The van der Waals surface area contributed by atoms with Crippen LogP contribution in [0.3, 0.4) is 0 Å². The summed E-state index contributed by atoms with van der Waals surface area (Å²) in [6.45, 7) is 2.96. The predicted octanol–water partition coefficient (Wildman–Crippen LogP) is 5.41. The van der Waals surface area contributed by atoms with Crippen LogP contribution in [-0.2, 0) is 6.42 Å². The Morgan fingerprint density at radius 3 is 2.58 bits per heavy atom. The summed E-state index contributed by atoms with van der Waals surface area (Å²) in [5.74, 6) is 5.05. The molecule has 5 nitrogen and oxygen atoms in total. The number of thiophene rings is 1. The van der Waals surface area contributed by atoms with Crippen LogP contribution in [0.1, 0.15) is 22.0 Å². The number of nitrogens with zero attached hydrogens (tertiary/aromatic N) is 4. The van der Waals surface area contributed by atoms with Crippen molar-refractivity contribution in [2.75, 3.05) is 48.0 Å². The van der Waals surface area contributed by atoms with Crippen molar-refractivity contribution in [2.45, 2.75) is 12.5 Å². The summed E-state index contributed by atoms with van der Waals surface area (Å²) in [4.78, 5) is 16.6. The van der Waals surface area contributed by atoms with Crippen molar-refractivity contribution in [3.63, 3.8) is 0 Å². The first-order valence-electron chi connectivity index (χ1n) is 11.4. The maximum absolute atomic E-state index is 5.41. The molecule has 168 valence electrons. The zero-order valence-corrected chi connectivity index (χ0v) is 20.2. The zero-order chi connectivity index (χ0) is 22.2. The van der Waals surface area contributed by atoms with Gasteiger partial charge >= 0.3 is 0 Å². The Labute approximate surface area is 202 Å². The van der Waals surface area contributed by atoms with Crippen LogP contribution in [-0.4, -0.2) is 48.2 Å². The lowest BCUT2D eigenvalue weighted by Gasteiger charge is -2.37.